The lowest BCUT2D eigenvalue weighted by atomic mass is 10.1. The molecule has 1 N–H and O–H groups in total. The van der Waals surface area contributed by atoms with Crippen LogP contribution in [-0.4, -0.2) is 19.9 Å². The van der Waals surface area contributed by atoms with Gasteiger partial charge < -0.3 is 5.32 Å². The van der Waals surface area contributed by atoms with Crippen LogP contribution in [0.2, 0.25) is 0 Å². The standard InChI is InChI=1S/C11H15NO.ClH/c1-12-7-3-6-10-4-2-5-11(8-10)9-13;/h2,4-5,8-9,12H,3,6-7H2,1H3;1H. The number of aldehydes is 1. The second-order valence-corrected chi connectivity index (χ2v) is 3.07. The van der Waals surface area contributed by atoms with Gasteiger partial charge >= 0.3 is 0 Å². The topological polar surface area (TPSA) is 29.1 Å². The Kier molecular flexibility index (Phi) is 7.07. The van der Waals surface area contributed by atoms with E-state index >= 15 is 0 Å². The minimum atomic E-state index is 0. The molecule has 0 saturated carbocycles. The molecule has 0 aliphatic carbocycles. The molecule has 0 unspecified atom stereocenters. The van der Waals surface area contributed by atoms with E-state index in [-0.39, 0.29) is 12.4 Å². The van der Waals surface area contributed by atoms with Crippen LogP contribution in [0.4, 0.5) is 0 Å². The lowest BCUT2D eigenvalue weighted by Gasteiger charge is -2.01. The Morgan fingerprint density at radius 3 is 2.86 bits per heavy atom. The van der Waals surface area contributed by atoms with E-state index < -0.39 is 0 Å². The van der Waals surface area contributed by atoms with Gasteiger partial charge in [0.2, 0.25) is 0 Å². The molecule has 78 valence electrons. The van der Waals surface area contributed by atoms with E-state index in [1.54, 1.807) is 0 Å². The third-order valence-electron chi connectivity index (χ3n) is 1.98. The fraction of sp³-hybridized carbons (Fsp3) is 0.364. The Hall–Kier alpha value is -0.860. The van der Waals surface area contributed by atoms with Gasteiger partial charge in [0.1, 0.15) is 6.29 Å². The molecule has 0 bridgehead atoms. The first kappa shape index (κ1) is 13.1. The molecular weight excluding hydrogens is 198 g/mol. The number of aryl methyl sites for hydroxylation is 1. The minimum absolute atomic E-state index is 0. The quantitative estimate of drug-likeness (QED) is 0.600. The summed E-state index contributed by atoms with van der Waals surface area (Å²) in [4.78, 5) is 10.5. The normalized spacial score (nSPS) is 9.21. The molecule has 0 aliphatic heterocycles. The molecule has 1 aromatic rings. The number of hydrogen-bond acceptors (Lipinski definition) is 2. The van der Waals surface area contributed by atoms with Crippen molar-refractivity contribution in [2.75, 3.05) is 13.6 Å². The van der Waals surface area contributed by atoms with Crippen LogP contribution in [0.5, 0.6) is 0 Å². The van der Waals surface area contributed by atoms with Gasteiger partial charge in [-0.25, -0.2) is 0 Å². The highest BCUT2D eigenvalue weighted by molar-refractivity contribution is 5.85. The number of benzene rings is 1. The molecule has 0 saturated heterocycles. The fourth-order valence-electron chi connectivity index (χ4n) is 1.29. The van der Waals surface area contributed by atoms with Crippen LogP contribution in [-0.2, 0) is 6.42 Å². The monoisotopic (exact) mass is 213 g/mol. The van der Waals surface area contributed by atoms with Crippen LogP contribution < -0.4 is 5.32 Å². The highest BCUT2D eigenvalue weighted by Crippen LogP contribution is 2.05. The number of halogens is 1. The Morgan fingerprint density at radius 1 is 1.43 bits per heavy atom. The van der Waals surface area contributed by atoms with Crippen LogP contribution in [0, 0.1) is 0 Å². The summed E-state index contributed by atoms with van der Waals surface area (Å²) in [5.41, 5.74) is 2.00. The van der Waals surface area contributed by atoms with Crippen molar-refractivity contribution in [3.8, 4) is 0 Å². The molecule has 0 aliphatic rings. The maximum absolute atomic E-state index is 10.5. The van der Waals surface area contributed by atoms with E-state index in [9.17, 15) is 4.79 Å². The first-order valence-electron chi connectivity index (χ1n) is 4.55. The van der Waals surface area contributed by atoms with Gasteiger partial charge in [0, 0.05) is 5.56 Å². The van der Waals surface area contributed by atoms with Crippen molar-refractivity contribution >= 4 is 18.7 Å². The van der Waals surface area contributed by atoms with Crippen molar-refractivity contribution in [2.24, 2.45) is 0 Å². The number of rotatable bonds is 5. The van der Waals surface area contributed by atoms with E-state index in [0.717, 1.165) is 31.2 Å². The van der Waals surface area contributed by atoms with Crippen LogP contribution in [0.25, 0.3) is 0 Å². The summed E-state index contributed by atoms with van der Waals surface area (Å²) in [6.45, 7) is 1.02. The van der Waals surface area contributed by atoms with Crippen LogP contribution in [0.1, 0.15) is 22.3 Å². The summed E-state index contributed by atoms with van der Waals surface area (Å²) in [7, 11) is 1.95. The summed E-state index contributed by atoms with van der Waals surface area (Å²) >= 11 is 0. The zero-order valence-corrected chi connectivity index (χ0v) is 9.14. The predicted molar refractivity (Wildman–Crippen MR) is 61.3 cm³/mol. The van der Waals surface area contributed by atoms with Crippen molar-refractivity contribution < 1.29 is 4.79 Å². The van der Waals surface area contributed by atoms with Crippen LogP contribution in [0.3, 0.4) is 0 Å². The summed E-state index contributed by atoms with van der Waals surface area (Å²) < 4.78 is 0. The van der Waals surface area contributed by atoms with E-state index in [4.69, 9.17) is 0 Å². The molecule has 14 heavy (non-hydrogen) atoms. The van der Waals surface area contributed by atoms with Crippen molar-refractivity contribution in [2.45, 2.75) is 12.8 Å². The molecule has 0 atom stereocenters. The Balaban J connectivity index is 0.00000169. The molecule has 2 nitrogen and oxygen atoms in total. The number of carbonyl (C=O) groups is 1. The van der Waals surface area contributed by atoms with Crippen LogP contribution in [0.15, 0.2) is 24.3 Å². The molecule has 0 radical (unpaired) electrons. The minimum Gasteiger partial charge on any atom is -0.320 e. The smallest absolute Gasteiger partial charge is 0.150 e. The van der Waals surface area contributed by atoms with Gasteiger partial charge in [0.05, 0.1) is 0 Å². The first-order valence-corrected chi connectivity index (χ1v) is 4.55. The summed E-state index contributed by atoms with van der Waals surface area (Å²) in [6.07, 6.45) is 3.03. The van der Waals surface area contributed by atoms with E-state index in [0.29, 0.717) is 0 Å². The van der Waals surface area contributed by atoms with Gasteiger partial charge in [0.15, 0.2) is 0 Å². The Bertz CT molecular complexity index is 276. The average Bonchev–Trinajstić information content (AvgIpc) is 2.19. The van der Waals surface area contributed by atoms with Crippen molar-refractivity contribution in [1.29, 1.82) is 0 Å². The van der Waals surface area contributed by atoms with Crippen molar-refractivity contribution in [1.82, 2.24) is 5.32 Å². The molecule has 0 aromatic heterocycles. The molecular formula is C11H16ClNO. The highest BCUT2D eigenvalue weighted by atomic mass is 35.5. The van der Waals surface area contributed by atoms with Crippen molar-refractivity contribution in [3.05, 3.63) is 35.4 Å². The van der Waals surface area contributed by atoms with Gasteiger partial charge in [0.25, 0.3) is 0 Å². The second kappa shape index (κ2) is 7.54. The summed E-state index contributed by atoms with van der Waals surface area (Å²) in [6, 6.07) is 7.76. The second-order valence-electron chi connectivity index (χ2n) is 3.07. The molecule has 1 rings (SSSR count). The summed E-state index contributed by atoms with van der Waals surface area (Å²) in [5.74, 6) is 0. The number of hydrogen-bond donors (Lipinski definition) is 1. The van der Waals surface area contributed by atoms with Gasteiger partial charge in [-0.15, -0.1) is 12.4 Å². The molecule has 0 fully saturated rings. The zero-order valence-electron chi connectivity index (χ0n) is 8.32. The lowest BCUT2D eigenvalue weighted by molar-refractivity contribution is 0.112. The molecule has 0 heterocycles. The van der Waals surface area contributed by atoms with Crippen LogP contribution >= 0.6 is 12.4 Å². The molecule has 1 aromatic carbocycles. The summed E-state index contributed by atoms with van der Waals surface area (Å²) in [5, 5.41) is 3.10. The highest BCUT2D eigenvalue weighted by Gasteiger charge is 1.94. The maximum Gasteiger partial charge on any atom is 0.150 e. The number of nitrogens with one attached hydrogen (secondary N) is 1. The lowest BCUT2D eigenvalue weighted by Crippen LogP contribution is -2.08. The van der Waals surface area contributed by atoms with Gasteiger partial charge in [-0.05, 0) is 38.1 Å². The maximum atomic E-state index is 10.5. The Morgan fingerprint density at radius 2 is 2.21 bits per heavy atom. The van der Waals surface area contributed by atoms with Crippen molar-refractivity contribution in [3.63, 3.8) is 0 Å². The first-order chi connectivity index (χ1) is 6.36. The SMILES string of the molecule is CNCCCc1cccc(C=O)c1.Cl. The molecule has 3 heteroatoms. The third kappa shape index (κ3) is 4.40. The van der Waals surface area contributed by atoms with Gasteiger partial charge in [-0.1, -0.05) is 18.2 Å². The molecule has 0 spiro atoms. The predicted octanol–water partition coefficient (Wildman–Crippen LogP) is 2.07. The van der Waals surface area contributed by atoms with Gasteiger partial charge in [-0.2, -0.15) is 0 Å². The number of carbonyl (C=O) groups excluding carboxylic acids is 1. The average molecular weight is 214 g/mol. The fourth-order valence-corrected chi connectivity index (χ4v) is 1.29. The van der Waals surface area contributed by atoms with E-state index in [1.165, 1.54) is 5.56 Å². The third-order valence-corrected chi connectivity index (χ3v) is 1.98. The zero-order chi connectivity index (χ0) is 9.52. The molecule has 0 amide bonds. The van der Waals surface area contributed by atoms with E-state index in [2.05, 4.69) is 11.4 Å². The van der Waals surface area contributed by atoms with E-state index in [1.807, 2.05) is 25.2 Å². The Labute approximate surface area is 91.1 Å². The van der Waals surface area contributed by atoms with Gasteiger partial charge in [-0.3, -0.25) is 4.79 Å². The largest absolute Gasteiger partial charge is 0.320 e.